The van der Waals surface area contributed by atoms with E-state index in [0.29, 0.717) is 45.6 Å². The molecule has 0 bridgehead atoms. The summed E-state index contributed by atoms with van der Waals surface area (Å²) in [6.45, 7) is 1.49. The molecule has 0 unspecified atom stereocenters. The van der Waals surface area contributed by atoms with Crippen molar-refractivity contribution in [3.8, 4) is 0 Å². The van der Waals surface area contributed by atoms with Gasteiger partial charge in [0.25, 0.3) is 11.6 Å². The Hall–Kier alpha value is -4.63. The topological polar surface area (TPSA) is 124 Å². The van der Waals surface area contributed by atoms with Gasteiger partial charge in [0, 0.05) is 23.7 Å². The highest BCUT2D eigenvalue weighted by Gasteiger charge is 2.28. The lowest BCUT2D eigenvalue weighted by Gasteiger charge is -2.23. The monoisotopic (exact) mass is 542 g/mol. The van der Waals surface area contributed by atoms with Crippen LogP contribution in [0.4, 0.5) is 11.5 Å². The van der Waals surface area contributed by atoms with Crippen molar-refractivity contribution in [3.63, 3.8) is 0 Å². The molecule has 0 saturated heterocycles. The second-order valence-electron chi connectivity index (χ2n) is 9.10. The first kappa shape index (κ1) is 26.0. The largest absolute Gasteiger partial charge is 0.449 e. The number of hydrogen-bond donors (Lipinski definition) is 1. The Bertz CT molecular complexity index is 1640. The van der Waals surface area contributed by atoms with E-state index < -0.39 is 22.9 Å². The number of rotatable bonds is 6. The highest BCUT2D eigenvalue weighted by Crippen LogP contribution is 2.37. The summed E-state index contributed by atoms with van der Waals surface area (Å²) in [6, 6.07) is 16.8. The molecule has 10 heteroatoms. The van der Waals surface area contributed by atoms with Crippen molar-refractivity contribution in [2.24, 2.45) is 0 Å². The second-order valence-corrected chi connectivity index (χ2v) is 9.54. The minimum Gasteiger partial charge on any atom is -0.449 e. The zero-order chi connectivity index (χ0) is 27.5. The Morgan fingerprint density at radius 1 is 1.13 bits per heavy atom. The van der Waals surface area contributed by atoms with E-state index in [-0.39, 0.29) is 11.5 Å². The average molecular weight is 543 g/mol. The second kappa shape index (κ2) is 11.0. The van der Waals surface area contributed by atoms with Gasteiger partial charge in [0.2, 0.25) is 0 Å². The van der Waals surface area contributed by atoms with Crippen LogP contribution >= 0.6 is 11.6 Å². The number of hydrogen-bond acceptors (Lipinski definition) is 7. The fourth-order valence-electron chi connectivity index (χ4n) is 4.59. The number of carbonyl (C=O) groups is 2. The number of nitro groups is 1. The third-order valence-electron chi connectivity index (χ3n) is 6.43. The van der Waals surface area contributed by atoms with E-state index in [4.69, 9.17) is 21.3 Å². The molecule has 9 nitrogen and oxygen atoms in total. The van der Waals surface area contributed by atoms with Gasteiger partial charge in [-0.1, -0.05) is 41.9 Å². The zero-order valence-electron chi connectivity index (χ0n) is 20.9. The van der Waals surface area contributed by atoms with E-state index in [1.165, 1.54) is 25.3 Å². The number of anilines is 1. The van der Waals surface area contributed by atoms with Crippen molar-refractivity contribution in [1.29, 1.82) is 0 Å². The molecule has 196 valence electrons. The van der Waals surface area contributed by atoms with Crippen molar-refractivity contribution in [2.45, 2.75) is 32.3 Å². The molecule has 2 heterocycles. The molecule has 1 aliphatic rings. The summed E-state index contributed by atoms with van der Waals surface area (Å²) in [7, 11) is 0. The number of carbonyl (C=O) groups excluding carboxylic acids is 2. The molecule has 5 rings (SSSR count). The number of ether oxygens (including phenoxy) is 1. The lowest BCUT2D eigenvalue weighted by molar-refractivity contribution is -0.384. The molecule has 39 heavy (non-hydrogen) atoms. The average Bonchev–Trinajstić information content (AvgIpc) is 2.93. The number of para-hydroxylation sites is 1. The number of halogens is 1. The summed E-state index contributed by atoms with van der Waals surface area (Å²) in [4.78, 5) is 46.0. The maximum absolute atomic E-state index is 13.6. The Balaban J connectivity index is 1.49. The van der Waals surface area contributed by atoms with Crippen molar-refractivity contribution in [1.82, 2.24) is 9.97 Å². The van der Waals surface area contributed by atoms with Gasteiger partial charge in [-0.25, -0.2) is 14.8 Å². The Kier molecular flexibility index (Phi) is 7.33. The van der Waals surface area contributed by atoms with Gasteiger partial charge in [-0.05, 0) is 67.2 Å². The number of nitro benzene ring substituents is 1. The highest BCUT2D eigenvalue weighted by atomic mass is 35.5. The first-order chi connectivity index (χ1) is 18.8. The molecule has 1 amide bonds. The fourth-order valence-corrected chi connectivity index (χ4v) is 4.70. The van der Waals surface area contributed by atoms with Crippen LogP contribution in [0.25, 0.3) is 22.6 Å². The van der Waals surface area contributed by atoms with Crippen LogP contribution < -0.4 is 5.32 Å². The summed E-state index contributed by atoms with van der Waals surface area (Å²) >= 11 is 5.85. The summed E-state index contributed by atoms with van der Waals surface area (Å²) < 4.78 is 5.64. The maximum atomic E-state index is 13.6. The Morgan fingerprint density at radius 3 is 2.72 bits per heavy atom. The quantitative estimate of drug-likeness (QED) is 0.173. The lowest BCUT2D eigenvalue weighted by atomic mass is 9.86. The summed E-state index contributed by atoms with van der Waals surface area (Å²) in [6.07, 6.45) is 4.23. The number of benzene rings is 2. The van der Waals surface area contributed by atoms with Crippen molar-refractivity contribution in [2.75, 3.05) is 5.32 Å². The number of nitrogens with one attached hydrogen (secondary N) is 1. The molecule has 2 aromatic carbocycles. The molecule has 1 atom stereocenters. The van der Waals surface area contributed by atoms with Gasteiger partial charge in [0.1, 0.15) is 5.82 Å². The number of allylic oxidation sites excluding steroid dienone is 1. The van der Waals surface area contributed by atoms with E-state index in [1.807, 2.05) is 24.3 Å². The van der Waals surface area contributed by atoms with E-state index in [0.717, 1.165) is 17.6 Å². The van der Waals surface area contributed by atoms with E-state index in [9.17, 15) is 19.7 Å². The van der Waals surface area contributed by atoms with Crippen LogP contribution in [-0.4, -0.2) is 32.9 Å². The Labute approximate surface area is 228 Å². The molecule has 1 N–H and O–H groups in total. The molecule has 0 spiro atoms. The summed E-state index contributed by atoms with van der Waals surface area (Å²) in [5.74, 6) is -0.875. The van der Waals surface area contributed by atoms with Crippen molar-refractivity contribution in [3.05, 3.63) is 104 Å². The van der Waals surface area contributed by atoms with Crippen molar-refractivity contribution < 1.29 is 19.2 Å². The zero-order valence-corrected chi connectivity index (χ0v) is 21.6. The predicted molar refractivity (Wildman–Crippen MR) is 148 cm³/mol. The first-order valence-corrected chi connectivity index (χ1v) is 12.7. The predicted octanol–water partition coefficient (Wildman–Crippen LogP) is 6.25. The molecule has 4 aromatic rings. The van der Waals surface area contributed by atoms with Crippen LogP contribution in [0, 0.1) is 10.1 Å². The SMILES string of the molecule is C[C@H](OC(=O)c1c2c(nc3ccccc13)/C(=C/c1cccc([N+](=O)[O-])c1)CCC2)C(=O)Nc1ccc(Cl)cn1. The molecule has 1 aliphatic carbocycles. The van der Waals surface area contributed by atoms with Gasteiger partial charge in [-0.2, -0.15) is 0 Å². The van der Waals surface area contributed by atoms with Gasteiger partial charge in [-0.15, -0.1) is 0 Å². The molecular weight excluding hydrogens is 520 g/mol. The van der Waals surface area contributed by atoms with E-state index in [1.54, 1.807) is 30.3 Å². The van der Waals surface area contributed by atoms with Crippen LogP contribution in [0.2, 0.25) is 5.02 Å². The smallest absolute Gasteiger partial charge is 0.339 e. The number of pyridine rings is 2. The Morgan fingerprint density at radius 2 is 1.95 bits per heavy atom. The number of fused-ring (bicyclic) bond motifs is 2. The molecule has 2 aromatic heterocycles. The number of esters is 1. The molecular formula is C29H23ClN4O5. The summed E-state index contributed by atoms with van der Waals surface area (Å²) in [5.41, 5.74) is 3.90. The van der Waals surface area contributed by atoms with Crippen LogP contribution in [-0.2, 0) is 16.0 Å². The van der Waals surface area contributed by atoms with Gasteiger partial charge >= 0.3 is 5.97 Å². The third kappa shape index (κ3) is 5.63. The van der Waals surface area contributed by atoms with Gasteiger partial charge in [0.05, 0.1) is 26.7 Å². The highest BCUT2D eigenvalue weighted by molar-refractivity contribution is 6.30. The molecule has 0 saturated carbocycles. The number of amides is 1. The van der Waals surface area contributed by atoms with E-state index >= 15 is 0 Å². The summed E-state index contributed by atoms with van der Waals surface area (Å²) in [5, 5.41) is 14.9. The van der Waals surface area contributed by atoms with Crippen LogP contribution in [0.15, 0.2) is 66.9 Å². The number of non-ortho nitro benzene ring substituents is 1. The number of nitrogens with zero attached hydrogens (tertiary/aromatic N) is 3. The minimum atomic E-state index is -1.10. The number of aromatic nitrogens is 2. The van der Waals surface area contributed by atoms with Crippen LogP contribution in [0.3, 0.4) is 0 Å². The standard InChI is InChI=1S/C29H23ClN4O5/c1-17(28(35)33-25-13-12-20(30)16-31-25)39-29(36)26-22-9-2-3-11-24(22)32-27-19(7-5-10-23(26)27)14-18-6-4-8-21(15-18)34(37)38/h2-4,6,8-9,11-17H,5,7,10H2,1H3,(H,31,33,35)/b19-14+/t17-/m0/s1. The molecule has 0 aliphatic heterocycles. The maximum Gasteiger partial charge on any atom is 0.339 e. The fraction of sp³-hybridized carbons (Fsp3) is 0.172. The van der Waals surface area contributed by atoms with E-state index in [2.05, 4.69) is 10.3 Å². The van der Waals surface area contributed by atoms with Gasteiger partial charge in [-0.3, -0.25) is 14.9 Å². The normalized spacial score (nSPS) is 14.5. The van der Waals surface area contributed by atoms with Crippen LogP contribution in [0.1, 0.15) is 46.9 Å². The lowest BCUT2D eigenvalue weighted by Crippen LogP contribution is -2.31. The third-order valence-corrected chi connectivity index (χ3v) is 6.65. The molecule has 0 radical (unpaired) electrons. The minimum absolute atomic E-state index is 0.00261. The van der Waals surface area contributed by atoms with Crippen molar-refractivity contribution >= 4 is 57.5 Å². The van der Waals surface area contributed by atoms with Gasteiger partial charge in [0.15, 0.2) is 6.10 Å². The van der Waals surface area contributed by atoms with Gasteiger partial charge < -0.3 is 10.1 Å². The van der Waals surface area contributed by atoms with Crippen LogP contribution in [0.5, 0.6) is 0 Å². The molecule has 0 fully saturated rings. The first-order valence-electron chi connectivity index (χ1n) is 12.3.